The van der Waals surface area contributed by atoms with Crippen molar-refractivity contribution in [2.45, 2.75) is 45.8 Å². The first-order valence-electron chi connectivity index (χ1n) is 12.3. The van der Waals surface area contributed by atoms with Crippen LogP contribution in [0.4, 0.5) is 5.69 Å². The number of pyridine rings is 3. The van der Waals surface area contributed by atoms with E-state index in [9.17, 15) is 9.59 Å². The number of aromatic amines is 1. The fourth-order valence-corrected chi connectivity index (χ4v) is 4.28. The van der Waals surface area contributed by atoms with E-state index in [0.717, 1.165) is 40.9 Å². The molecule has 3 aromatic rings. The van der Waals surface area contributed by atoms with Gasteiger partial charge in [-0.1, -0.05) is 6.92 Å². The van der Waals surface area contributed by atoms with Gasteiger partial charge in [0.25, 0.3) is 11.5 Å². The molecule has 1 amide bonds. The smallest absolute Gasteiger partial charge is 0.269 e. The molecule has 4 heterocycles. The lowest BCUT2D eigenvalue weighted by molar-refractivity contribution is 0.0958. The maximum Gasteiger partial charge on any atom is 0.269 e. The van der Waals surface area contributed by atoms with Crippen LogP contribution in [0.25, 0.3) is 11.0 Å². The van der Waals surface area contributed by atoms with E-state index in [1.807, 2.05) is 30.6 Å². The Kier molecular flexibility index (Phi) is 5.20. The molecule has 4 rings (SSSR count). The number of carbonyl (C=O) groups excluding carboxylic acids is 1. The predicted octanol–water partition coefficient (Wildman–Crippen LogP) is 2.34. The normalized spacial score (nSPS) is 21.1. The Morgan fingerprint density at radius 1 is 1.22 bits per heavy atom. The number of nitrogens with zero attached hydrogens (tertiary/aromatic N) is 4. The van der Waals surface area contributed by atoms with Crippen LogP contribution in [0.5, 0.6) is 0 Å². The van der Waals surface area contributed by atoms with Crippen molar-refractivity contribution in [1.82, 2.24) is 25.2 Å². The average Bonchev–Trinajstić information content (AvgIpc) is 2.79. The Labute approximate surface area is 191 Å². The van der Waals surface area contributed by atoms with Crippen molar-refractivity contribution < 1.29 is 8.91 Å². The largest absolute Gasteiger partial charge is 0.365 e. The van der Waals surface area contributed by atoms with Gasteiger partial charge in [-0.2, -0.15) is 0 Å². The number of fused-ring (bicyclic) bond motifs is 1. The molecule has 8 nitrogen and oxygen atoms in total. The van der Waals surface area contributed by atoms with E-state index >= 15 is 0 Å². The summed E-state index contributed by atoms with van der Waals surface area (Å²) in [5.74, 6) is -0.723. The fourth-order valence-electron chi connectivity index (χ4n) is 4.28. The Bertz CT molecular complexity index is 1270. The Balaban J connectivity index is 1.44. The van der Waals surface area contributed by atoms with E-state index < -0.39 is 12.9 Å². The standard InChI is InChI=1S/C24H30N6O2/c1-5-18-9-21-22(28-23(18)31)8-17(10-26-21)14-29-12-16(3)30(13-15(29)2)19-6-7-20(27-11-19)24(32)25-4/h6-11,15-16H,5,12-14H2,1-4H3,(H,25,32)(H,28,31)/t15-,16-/m1/s1/i4D3. The van der Waals surface area contributed by atoms with Crippen LogP contribution in [0.3, 0.4) is 0 Å². The van der Waals surface area contributed by atoms with Crippen LogP contribution in [0.1, 0.15) is 46.5 Å². The zero-order valence-electron chi connectivity index (χ0n) is 21.6. The zero-order chi connectivity index (χ0) is 25.3. The van der Waals surface area contributed by atoms with Crippen molar-refractivity contribution in [3.05, 3.63) is 63.8 Å². The van der Waals surface area contributed by atoms with Crippen LogP contribution in [-0.4, -0.2) is 57.9 Å². The van der Waals surface area contributed by atoms with Crippen molar-refractivity contribution in [2.24, 2.45) is 0 Å². The molecule has 0 unspecified atom stereocenters. The number of amides is 1. The van der Waals surface area contributed by atoms with Gasteiger partial charge in [-0.3, -0.25) is 19.5 Å². The van der Waals surface area contributed by atoms with Crippen molar-refractivity contribution in [2.75, 3.05) is 25.0 Å². The summed E-state index contributed by atoms with van der Waals surface area (Å²) in [6.45, 7) is 5.99. The quantitative estimate of drug-likeness (QED) is 0.636. The van der Waals surface area contributed by atoms with Crippen LogP contribution in [0.2, 0.25) is 0 Å². The summed E-state index contributed by atoms with van der Waals surface area (Å²) in [5, 5.41) is 1.95. The lowest BCUT2D eigenvalue weighted by atomic mass is 10.1. The van der Waals surface area contributed by atoms with Gasteiger partial charge in [-0.15, -0.1) is 0 Å². The summed E-state index contributed by atoms with van der Waals surface area (Å²) in [6.07, 6.45) is 4.15. The van der Waals surface area contributed by atoms with Gasteiger partial charge in [0.2, 0.25) is 0 Å². The summed E-state index contributed by atoms with van der Waals surface area (Å²) in [5.41, 5.74) is 4.19. The van der Waals surface area contributed by atoms with Crippen LogP contribution < -0.4 is 15.8 Å². The first-order chi connectivity index (χ1) is 16.5. The Hall–Kier alpha value is -3.26. The molecule has 0 bridgehead atoms. The highest BCUT2D eigenvalue weighted by Gasteiger charge is 2.29. The zero-order valence-corrected chi connectivity index (χ0v) is 18.6. The number of nitrogens with one attached hydrogen (secondary N) is 2. The van der Waals surface area contributed by atoms with Crippen LogP contribution in [-0.2, 0) is 13.0 Å². The summed E-state index contributed by atoms with van der Waals surface area (Å²) < 4.78 is 21.5. The van der Waals surface area contributed by atoms with Crippen molar-refractivity contribution >= 4 is 22.6 Å². The molecule has 0 radical (unpaired) electrons. The first-order valence-corrected chi connectivity index (χ1v) is 10.8. The van der Waals surface area contributed by atoms with E-state index in [0.29, 0.717) is 13.0 Å². The second-order valence-electron chi connectivity index (χ2n) is 8.39. The average molecular weight is 438 g/mol. The number of H-pyrrole nitrogens is 1. The van der Waals surface area contributed by atoms with Crippen molar-refractivity contribution in [1.29, 1.82) is 0 Å². The van der Waals surface area contributed by atoms with Gasteiger partial charge >= 0.3 is 0 Å². The molecule has 2 N–H and O–H groups in total. The molecule has 1 saturated heterocycles. The molecule has 0 saturated carbocycles. The maximum atomic E-state index is 12.2. The number of anilines is 1. The van der Waals surface area contributed by atoms with Gasteiger partial charge in [0.15, 0.2) is 0 Å². The molecular weight excluding hydrogens is 404 g/mol. The van der Waals surface area contributed by atoms with Gasteiger partial charge in [0.1, 0.15) is 5.69 Å². The number of aromatic nitrogens is 3. The number of rotatable bonds is 5. The fraction of sp³-hybridized carbons (Fsp3) is 0.417. The van der Waals surface area contributed by atoms with Gasteiger partial charge < -0.3 is 15.2 Å². The lowest BCUT2D eigenvalue weighted by Crippen LogP contribution is -2.56. The third-order valence-electron chi connectivity index (χ3n) is 6.13. The van der Waals surface area contributed by atoms with Crippen LogP contribution >= 0.6 is 0 Å². The number of piperazine rings is 1. The number of hydrogen-bond donors (Lipinski definition) is 2. The predicted molar refractivity (Wildman–Crippen MR) is 126 cm³/mol. The first kappa shape index (κ1) is 18.3. The minimum absolute atomic E-state index is 0.0647. The van der Waals surface area contributed by atoms with E-state index in [1.165, 1.54) is 0 Å². The summed E-state index contributed by atoms with van der Waals surface area (Å²) in [6, 6.07) is 7.63. The van der Waals surface area contributed by atoms with E-state index in [4.69, 9.17) is 4.11 Å². The van der Waals surface area contributed by atoms with Crippen molar-refractivity contribution in [3.63, 3.8) is 0 Å². The minimum atomic E-state index is -2.55. The Morgan fingerprint density at radius 2 is 2.06 bits per heavy atom. The molecule has 1 fully saturated rings. The van der Waals surface area contributed by atoms with Gasteiger partial charge in [0.05, 0.1) is 22.9 Å². The molecule has 8 heteroatoms. The van der Waals surface area contributed by atoms with Gasteiger partial charge in [-0.25, -0.2) is 4.98 Å². The molecule has 0 aromatic carbocycles. The third kappa shape index (κ3) is 4.36. The molecule has 32 heavy (non-hydrogen) atoms. The van der Waals surface area contributed by atoms with E-state index in [-0.39, 0.29) is 23.3 Å². The summed E-state index contributed by atoms with van der Waals surface area (Å²) >= 11 is 0. The van der Waals surface area contributed by atoms with Crippen LogP contribution in [0.15, 0.2) is 41.5 Å². The molecular formula is C24H30N6O2. The highest BCUT2D eigenvalue weighted by Crippen LogP contribution is 2.24. The number of carbonyl (C=O) groups is 1. The minimum Gasteiger partial charge on any atom is -0.365 e. The topological polar surface area (TPSA) is 94.2 Å². The lowest BCUT2D eigenvalue weighted by Gasteiger charge is -2.45. The van der Waals surface area contributed by atoms with Crippen molar-refractivity contribution in [3.8, 4) is 0 Å². The second kappa shape index (κ2) is 9.08. The van der Waals surface area contributed by atoms with Gasteiger partial charge in [0, 0.05) is 54.6 Å². The highest BCUT2D eigenvalue weighted by atomic mass is 16.1. The summed E-state index contributed by atoms with van der Waals surface area (Å²) in [4.78, 5) is 40.5. The Morgan fingerprint density at radius 3 is 2.78 bits per heavy atom. The molecule has 168 valence electrons. The molecule has 0 aliphatic carbocycles. The molecule has 0 spiro atoms. The molecule has 1 aliphatic heterocycles. The van der Waals surface area contributed by atoms with Gasteiger partial charge in [-0.05, 0) is 50.1 Å². The molecule has 2 atom stereocenters. The number of hydrogen-bond acceptors (Lipinski definition) is 6. The summed E-state index contributed by atoms with van der Waals surface area (Å²) in [7, 11) is 0. The van der Waals surface area contributed by atoms with E-state index in [1.54, 1.807) is 18.3 Å². The third-order valence-corrected chi connectivity index (χ3v) is 6.13. The number of aryl methyl sites for hydroxylation is 1. The maximum absolute atomic E-state index is 12.2. The SMILES string of the molecule is [2H]C([2H])([2H])NC(=O)c1ccc(N2C[C@@H](C)N(Cc3cnc4cc(CC)c(=O)[nH]c4c3)C[C@H]2C)cn1. The molecule has 3 aromatic heterocycles. The molecule has 1 aliphatic rings. The second-order valence-corrected chi connectivity index (χ2v) is 8.39. The monoisotopic (exact) mass is 437 g/mol. The highest BCUT2D eigenvalue weighted by molar-refractivity contribution is 5.92. The van der Waals surface area contributed by atoms with E-state index in [2.05, 4.69) is 38.6 Å². The van der Waals surface area contributed by atoms with Crippen LogP contribution in [0, 0.1) is 0 Å².